The number of Topliss-reactive ketones (excluding diaryl/α,β-unsaturated/α-hetero) is 1. The van der Waals surface area contributed by atoms with Gasteiger partial charge in [0.05, 0.1) is 6.54 Å². The van der Waals surface area contributed by atoms with Crippen LogP contribution in [0.2, 0.25) is 0 Å². The summed E-state index contributed by atoms with van der Waals surface area (Å²) in [6.07, 6.45) is 14.1. The van der Waals surface area contributed by atoms with Crippen LogP contribution in [0.5, 0.6) is 0 Å². The summed E-state index contributed by atoms with van der Waals surface area (Å²) in [6.45, 7) is 5.24. The number of carbonyl (C=O) groups is 1. The summed E-state index contributed by atoms with van der Waals surface area (Å²) in [6, 6.07) is 0. The molecule has 0 saturated heterocycles. The number of unbranched alkanes of at least 4 members (excludes halogenated alkanes) is 10. The van der Waals surface area contributed by atoms with E-state index < -0.39 is 6.23 Å². The zero-order valence-electron chi connectivity index (χ0n) is 15.2. The maximum atomic E-state index is 12.1. The van der Waals surface area contributed by atoms with E-state index >= 15 is 0 Å². The molecule has 4 nitrogen and oxygen atoms in total. The van der Waals surface area contributed by atoms with Gasteiger partial charge in [-0.15, -0.1) is 0 Å². The smallest absolute Gasteiger partial charge is 0.197 e. The summed E-state index contributed by atoms with van der Waals surface area (Å²) in [4.78, 5) is 18.1. The van der Waals surface area contributed by atoms with E-state index in [1.54, 1.807) is 11.8 Å². The number of aliphatic imine (C=N–C) groups is 1. The molecule has 1 rings (SSSR count). The lowest BCUT2D eigenvalue weighted by Crippen LogP contribution is -2.39. The monoisotopic (exact) mass is 324 g/mol. The van der Waals surface area contributed by atoms with Gasteiger partial charge in [0.2, 0.25) is 0 Å². The van der Waals surface area contributed by atoms with E-state index in [4.69, 9.17) is 0 Å². The van der Waals surface area contributed by atoms with Gasteiger partial charge in [-0.1, -0.05) is 71.1 Å². The van der Waals surface area contributed by atoms with Gasteiger partial charge in [0, 0.05) is 13.0 Å². The Bertz CT molecular complexity index is 353. The molecular weight excluding hydrogens is 288 g/mol. The van der Waals surface area contributed by atoms with Gasteiger partial charge in [0.15, 0.2) is 11.6 Å². The molecule has 0 spiro atoms. The first-order valence-electron chi connectivity index (χ1n) is 9.69. The molecule has 1 N–H and O–H groups in total. The van der Waals surface area contributed by atoms with E-state index in [0.717, 1.165) is 12.8 Å². The lowest BCUT2D eigenvalue weighted by atomic mass is 10.0. The lowest BCUT2D eigenvalue weighted by molar-refractivity contribution is -0.114. The number of hydrogen-bond donors (Lipinski definition) is 1. The Balaban J connectivity index is 1.96. The van der Waals surface area contributed by atoms with E-state index in [1.807, 2.05) is 0 Å². The molecule has 0 aromatic rings. The Kier molecular flexibility index (Phi) is 11.0. The van der Waals surface area contributed by atoms with Crippen LogP contribution >= 0.6 is 0 Å². The van der Waals surface area contributed by atoms with Crippen molar-refractivity contribution in [3.8, 4) is 0 Å². The molecule has 0 bridgehead atoms. The van der Waals surface area contributed by atoms with E-state index in [-0.39, 0.29) is 5.78 Å². The highest BCUT2D eigenvalue weighted by Crippen LogP contribution is 2.13. The quantitative estimate of drug-likeness (QED) is 0.484. The van der Waals surface area contributed by atoms with Crippen LogP contribution in [-0.4, -0.2) is 40.9 Å². The first-order valence-corrected chi connectivity index (χ1v) is 9.69. The zero-order valence-corrected chi connectivity index (χ0v) is 15.2. The predicted octanol–water partition coefficient (Wildman–Crippen LogP) is 4.31. The van der Waals surface area contributed by atoms with Crippen LogP contribution in [0.25, 0.3) is 0 Å². The Morgan fingerprint density at radius 1 is 1.04 bits per heavy atom. The number of hydrogen-bond acceptors (Lipinski definition) is 4. The van der Waals surface area contributed by atoms with E-state index in [0.29, 0.717) is 25.3 Å². The van der Waals surface area contributed by atoms with Crippen molar-refractivity contribution >= 4 is 11.6 Å². The zero-order chi connectivity index (χ0) is 16.9. The second-order valence-corrected chi connectivity index (χ2v) is 6.74. The van der Waals surface area contributed by atoms with E-state index in [1.165, 1.54) is 57.8 Å². The van der Waals surface area contributed by atoms with Crippen molar-refractivity contribution in [1.29, 1.82) is 0 Å². The highest BCUT2D eigenvalue weighted by molar-refractivity contribution is 6.39. The molecule has 1 aliphatic heterocycles. The fraction of sp³-hybridized carbons (Fsp3) is 0.895. The highest BCUT2D eigenvalue weighted by Gasteiger charge is 2.25. The Hall–Kier alpha value is -0.900. The lowest BCUT2D eigenvalue weighted by Gasteiger charge is -2.22. The number of carbonyl (C=O) groups excluding carboxylic acids is 1. The fourth-order valence-electron chi connectivity index (χ4n) is 3.13. The number of aliphatic hydroxyl groups excluding tert-OH is 1. The van der Waals surface area contributed by atoms with Crippen LogP contribution in [0.15, 0.2) is 4.99 Å². The van der Waals surface area contributed by atoms with E-state index in [9.17, 15) is 9.90 Å². The SMILES string of the molecule is CCCCCCCCCCCCCC(=O)C1=NCCN1C(C)O. The minimum atomic E-state index is -0.613. The normalized spacial score (nSPS) is 15.8. The van der Waals surface area contributed by atoms with Crippen molar-refractivity contribution in [2.24, 2.45) is 4.99 Å². The molecule has 1 atom stereocenters. The third kappa shape index (κ3) is 8.50. The standard InChI is InChI=1S/C19H36N2O2/c1-3-4-5-6-7-8-9-10-11-12-13-14-18(23)19-20-15-16-21(19)17(2)22/h17,22H,3-16H2,1-2H3. The Labute approximate surface area is 142 Å². The third-order valence-electron chi connectivity index (χ3n) is 4.58. The second-order valence-electron chi connectivity index (χ2n) is 6.74. The van der Waals surface area contributed by atoms with Crippen LogP contribution in [0.3, 0.4) is 0 Å². The average molecular weight is 325 g/mol. The molecule has 0 amide bonds. The molecule has 1 aliphatic rings. The summed E-state index contributed by atoms with van der Waals surface area (Å²) in [5, 5.41) is 9.62. The third-order valence-corrected chi connectivity index (χ3v) is 4.58. The van der Waals surface area contributed by atoms with Crippen LogP contribution < -0.4 is 0 Å². The number of nitrogens with zero attached hydrogens (tertiary/aromatic N) is 2. The van der Waals surface area contributed by atoms with Crippen molar-refractivity contribution in [3.63, 3.8) is 0 Å². The van der Waals surface area contributed by atoms with Crippen molar-refractivity contribution in [2.45, 2.75) is 97.1 Å². The first-order chi connectivity index (χ1) is 11.2. The number of amidine groups is 1. The van der Waals surface area contributed by atoms with Crippen molar-refractivity contribution in [2.75, 3.05) is 13.1 Å². The van der Waals surface area contributed by atoms with Gasteiger partial charge in [-0.05, 0) is 13.3 Å². The van der Waals surface area contributed by atoms with Crippen LogP contribution in [-0.2, 0) is 4.79 Å². The number of rotatable bonds is 14. The van der Waals surface area contributed by atoms with Crippen LogP contribution in [0.4, 0.5) is 0 Å². The molecule has 134 valence electrons. The number of aliphatic hydroxyl groups is 1. The minimum Gasteiger partial charge on any atom is -0.374 e. The molecule has 0 fully saturated rings. The number of ketones is 1. The Morgan fingerprint density at radius 3 is 2.09 bits per heavy atom. The summed E-state index contributed by atoms with van der Waals surface area (Å²) < 4.78 is 0. The molecule has 0 saturated carbocycles. The van der Waals surface area contributed by atoms with Gasteiger partial charge in [-0.25, -0.2) is 0 Å². The maximum absolute atomic E-state index is 12.1. The molecule has 23 heavy (non-hydrogen) atoms. The van der Waals surface area contributed by atoms with Gasteiger partial charge >= 0.3 is 0 Å². The largest absolute Gasteiger partial charge is 0.374 e. The summed E-state index contributed by atoms with van der Waals surface area (Å²) in [5.74, 6) is 0.589. The summed E-state index contributed by atoms with van der Waals surface area (Å²) in [5.41, 5.74) is 0. The van der Waals surface area contributed by atoms with Gasteiger partial charge in [-0.3, -0.25) is 9.79 Å². The van der Waals surface area contributed by atoms with Gasteiger partial charge in [-0.2, -0.15) is 0 Å². The molecular formula is C19H36N2O2. The predicted molar refractivity (Wildman–Crippen MR) is 96.8 cm³/mol. The molecule has 4 heteroatoms. The van der Waals surface area contributed by atoms with Crippen LogP contribution in [0, 0.1) is 0 Å². The van der Waals surface area contributed by atoms with Crippen LogP contribution in [0.1, 0.15) is 90.9 Å². The van der Waals surface area contributed by atoms with E-state index in [2.05, 4.69) is 11.9 Å². The molecule has 0 aromatic heterocycles. The van der Waals surface area contributed by atoms with Crippen molar-refractivity contribution in [1.82, 2.24) is 4.90 Å². The summed E-state index contributed by atoms with van der Waals surface area (Å²) in [7, 11) is 0. The highest BCUT2D eigenvalue weighted by atomic mass is 16.3. The topological polar surface area (TPSA) is 52.9 Å². The molecule has 0 aromatic carbocycles. The minimum absolute atomic E-state index is 0.0966. The van der Waals surface area contributed by atoms with Crippen molar-refractivity contribution < 1.29 is 9.90 Å². The first kappa shape index (κ1) is 20.1. The second kappa shape index (κ2) is 12.5. The average Bonchev–Trinajstić information content (AvgIpc) is 3.02. The Morgan fingerprint density at radius 2 is 1.57 bits per heavy atom. The molecule has 0 radical (unpaired) electrons. The van der Waals surface area contributed by atoms with Gasteiger partial charge in [0.25, 0.3) is 0 Å². The summed E-state index contributed by atoms with van der Waals surface area (Å²) >= 11 is 0. The fourth-order valence-corrected chi connectivity index (χ4v) is 3.13. The van der Waals surface area contributed by atoms with Crippen molar-refractivity contribution in [3.05, 3.63) is 0 Å². The maximum Gasteiger partial charge on any atom is 0.197 e. The molecule has 1 unspecified atom stereocenters. The molecule has 0 aliphatic carbocycles. The molecule has 1 heterocycles. The van der Waals surface area contributed by atoms with Gasteiger partial charge in [0.1, 0.15) is 6.23 Å². The van der Waals surface area contributed by atoms with Gasteiger partial charge < -0.3 is 10.0 Å².